The van der Waals surface area contributed by atoms with Crippen molar-refractivity contribution in [1.82, 2.24) is 49.5 Å². The molecule has 426 valence electrons. The largest absolute Gasteiger partial charge is 0.378 e. The third-order valence-corrected chi connectivity index (χ3v) is 14.4. The summed E-state index contributed by atoms with van der Waals surface area (Å²) in [4.78, 5) is 78.2. The van der Waals surface area contributed by atoms with Gasteiger partial charge < -0.3 is 70.1 Å². The van der Waals surface area contributed by atoms with Crippen molar-refractivity contribution in [2.45, 2.75) is 12.8 Å². The molecule has 3 aliphatic heterocycles. The first kappa shape index (κ1) is 56.3. The highest BCUT2D eigenvalue weighted by Gasteiger charge is 2.22. The SMILES string of the molecule is CN(C)CCNC(=O)c1ccc(NC(=O)Nc2ccc(-c3nc(N4CCOCC4)c4c(ccn4C)n3)cc2)cc1.Cn1ccc2nc(-c3ccc(NC(=O)Nc4ccc(C(=O)NCCN5CCCC5)cc4)cc3)nc(N3CCOCC3)c21. The third kappa shape index (κ3) is 14.3. The molecule has 0 spiro atoms. The topological polar surface area (TPSA) is 233 Å². The van der Waals surface area contributed by atoms with Crippen LogP contribution in [0.4, 0.5) is 44.0 Å². The Hall–Kier alpha value is -8.96. The fourth-order valence-electron chi connectivity index (χ4n) is 9.93. The van der Waals surface area contributed by atoms with E-state index in [0.717, 1.165) is 97.2 Å². The van der Waals surface area contributed by atoms with Gasteiger partial charge >= 0.3 is 12.1 Å². The fraction of sp³-hybridized carbons (Fsp3) is 0.333. The number of ether oxygens (including phenoxy) is 2. The molecule has 22 heteroatoms. The Kier molecular flexibility index (Phi) is 18.2. The smallest absolute Gasteiger partial charge is 0.323 e. The molecule has 6 amide bonds. The summed E-state index contributed by atoms with van der Waals surface area (Å²) < 4.78 is 15.2. The van der Waals surface area contributed by atoms with Crippen molar-refractivity contribution in [1.29, 1.82) is 0 Å². The summed E-state index contributed by atoms with van der Waals surface area (Å²) in [5, 5.41) is 17.1. The Labute approximate surface area is 476 Å². The molecule has 22 nitrogen and oxygen atoms in total. The van der Waals surface area contributed by atoms with Gasteiger partial charge in [0.05, 0.1) is 37.5 Å². The molecule has 6 N–H and O–H groups in total. The van der Waals surface area contributed by atoms with Crippen molar-refractivity contribution in [3.63, 3.8) is 0 Å². The molecule has 0 saturated carbocycles. The van der Waals surface area contributed by atoms with Crippen molar-refractivity contribution in [3.8, 4) is 22.8 Å². The molecule has 0 aliphatic carbocycles. The number of morpholine rings is 2. The number of amides is 6. The molecule has 0 radical (unpaired) electrons. The van der Waals surface area contributed by atoms with Gasteiger partial charge in [0.25, 0.3) is 11.8 Å². The number of nitrogens with one attached hydrogen (secondary N) is 6. The zero-order chi connectivity index (χ0) is 57.0. The molecule has 0 bridgehead atoms. The number of aryl methyl sites for hydroxylation is 2. The zero-order valence-electron chi connectivity index (χ0n) is 46.8. The average molecular weight is 1110 g/mol. The van der Waals surface area contributed by atoms with E-state index in [-0.39, 0.29) is 23.9 Å². The highest BCUT2D eigenvalue weighted by atomic mass is 16.5. The lowest BCUT2D eigenvalue weighted by Crippen LogP contribution is -2.37. The van der Waals surface area contributed by atoms with Gasteiger partial charge in [0, 0.05) is 124 Å². The minimum Gasteiger partial charge on any atom is -0.378 e. The number of urea groups is 2. The van der Waals surface area contributed by atoms with Gasteiger partial charge in [-0.3, -0.25) is 9.59 Å². The van der Waals surface area contributed by atoms with Crippen LogP contribution in [0.15, 0.2) is 122 Å². The average Bonchev–Trinajstić information content (AvgIpc) is 4.29. The van der Waals surface area contributed by atoms with E-state index in [2.05, 4.69) is 46.6 Å². The van der Waals surface area contributed by atoms with Gasteiger partial charge in [0.2, 0.25) is 0 Å². The molecule has 11 rings (SSSR count). The summed E-state index contributed by atoms with van der Waals surface area (Å²) in [7, 11) is 7.91. The lowest BCUT2D eigenvalue weighted by Gasteiger charge is -2.28. The van der Waals surface area contributed by atoms with Crippen LogP contribution in [0.1, 0.15) is 33.6 Å². The summed E-state index contributed by atoms with van der Waals surface area (Å²) in [6, 6.07) is 31.8. The van der Waals surface area contributed by atoms with E-state index in [4.69, 9.17) is 29.4 Å². The number of benzene rings is 4. The molecular weight excluding hydrogens is 1040 g/mol. The Bertz CT molecular complexity index is 3480. The molecule has 3 aliphatic rings. The van der Waals surface area contributed by atoms with Crippen molar-refractivity contribution in [2.24, 2.45) is 14.1 Å². The Morgan fingerprint density at radius 3 is 1.26 bits per heavy atom. The molecule has 3 fully saturated rings. The van der Waals surface area contributed by atoms with Crippen molar-refractivity contribution < 1.29 is 28.7 Å². The van der Waals surface area contributed by atoms with Gasteiger partial charge in [0.1, 0.15) is 11.0 Å². The van der Waals surface area contributed by atoms with Gasteiger partial charge in [-0.15, -0.1) is 0 Å². The van der Waals surface area contributed by atoms with Gasteiger partial charge in [-0.1, -0.05) is 0 Å². The van der Waals surface area contributed by atoms with Crippen molar-refractivity contribution in [2.75, 3.05) is 137 Å². The lowest BCUT2D eigenvalue weighted by molar-refractivity contribution is 0.0942. The van der Waals surface area contributed by atoms with Gasteiger partial charge in [-0.25, -0.2) is 29.5 Å². The second-order valence-corrected chi connectivity index (χ2v) is 20.6. The lowest BCUT2D eigenvalue weighted by atomic mass is 10.2. The number of hydrogen-bond acceptors (Lipinski definition) is 14. The number of rotatable bonds is 16. The Morgan fingerprint density at radius 2 is 0.866 bits per heavy atom. The highest BCUT2D eigenvalue weighted by molar-refractivity contribution is 6.02. The van der Waals surface area contributed by atoms with Crippen LogP contribution in [-0.2, 0) is 23.6 Å². The number of hydrogen-bond donors (Lipinski definition) is 6. The highest BCUT2D eigenvalue weighted by Crippen LogP contribution is 2.31. The number of likely N-dealkylation sites (tertiary alicyclic amines) is 1. The van der Waals surface area contributed by atoms with Crippen LogP contribution < -0.4 is 41.7 Å². The third-order valence-electron chi connectivity index (χ3n) is 14.4. The first-order valence-electron chi connectivity index (χ1n) is 27.7. The van der Waals surface area contributed by atoms with E-state index < -0.39 is 0 Å². The maximum atomic E-state index is 12.6. The quantitative estimate of drug-likeness (QED) is 0.0556. The summed E-state index contributed by atoms with van der Waals surface area (Å²) in [5.74, 6) is 2.80. The van der Waals surface area contributed by atoms with Crippen molar-refractivity contribution in [3.05, 3.63) is 133 Å². The molecule has 8 aromatic rings. The van der Waals surface area contributed by atoms with Crippen molar-refractivity contribution >= 4 is 80.3 Å². The maximum Gasteiger partial charge on any atom is 0.323 e. The standard InChI is InChI=1S/C31H36N8O3.C29H34N8O3/c1-37-16-12-26-27(37)29(39-18-20-42-21-19-39)36-28(35-26)22-4-8-24(9-5-22)33-31(41)34-25-10-6-23(7-11-25)30(40)32-13-17-38-14-2-3-15-38;1-35(2)15-13-30-28(38)21-6-10-23(11-7-21)32-29(39)31-22-8-4-20(5-9-22)26-33-24-12-14-36(3)25(24)27(34-26)37-16-18-40-19-17-37/h4-12,16H,2-3,13-15,17-21H2,1H3,(H,32,40)(H2,33,34,41);4-12,14H,13,15-19H2,1-3H3,(H,30,38)(H2,31,32,39). The van der Waals surface area contributed by atoms with Crippen LogP contribution in [0.5, 0.6) is 0 Å². The van der Waals surface area contributed by atoms with Crippen LogP contribution in [0.3, 0.4) is 0 Å². The van der Waals surface area contributed by atoms with Crippen LogP contribution in [0, 0.1) is 0 Å². The van der Waals surface area contributed by atoms with E-state index in [0.29, 0.717) is 85.0 Å². The van der Waals surface area contributed by atoms with Crippen LogP contribution in [0.2, 0.25) is 0 Å². The zero-order valence-corrected chi connectivity index (χ0v) is 46.8. The molecular formula is C60H70N16O6. The predicted octanol–water partition coefficient (Wildman–Crippen LogP) is 7.35. The number of fused-ring (bicyclic) bond motifs is 2. The van der Waals surface area contributed by atoms with Gasteiger partial charge in [0.15, 0.2) is 23.3 Å². The maximum absolute atomic E-state index is 12.6. The van der Waals surface area contributed by atoms with E-state index in [1.165, 1.54) is 12.8 Å². The summed E-state index contributed by atoms with van der Waals surface area (Å²) in [5.41, 5.74) is 9.02. The Balaban J connectivity index is 0.000000184. The van der Waals surface area contributed by atoms with E-state index in [9.17, 15) is 19.2 Å². The molecule has 0 atom stereocenters. The second-order valence-electron chi connectivity index (χ2n) is 20.6. The number of anilines is 6. The van der Waals surface area contributed by atoms with Gasteiger partial charge in [-0.2, -0.15) is 0 Å². The minimum atomic E-state index is -0.382. The van der Waals surface area contributed by atoms with Crippen LogP contribution >= 0.6 is 0 Å². The summed E-state index contributed by atoms with van der Waals surface area (Å²) in [6.45, 7) is 10.9. The number of aromatic nitrogens is 6. The molecule has 4 aromatic heterocycles. The molecule has 4 aromatic carbocycles. The molecule has 0 unspecified atom stereocenters. The first-order valence-corrected chi connectivity index (χ1v) is 27.7. The van der Waals surface area contributed by atoms with Crippen LogP contribution in [0.25, 0.3) is 44.8 Å². The number of carbonyl (C=O) groups is 4. The monoisotopic (exact) mass is 1110 g/mol. The van der Waals surface area contributed by atoms with E-state index in [1.54, 1.807) is 48.5 Å². The second kappa shape index (κ2) is 26.5. The number of nitrogens with zero attached hydrogens (tertiary/aromatic N) is 10. The minimum absolute atomic E-state index is 0.113. The van der Waals surface area contributed by atoms with E-state index >= 15 is 0 Å². The number of carbonyl (C=O) groups excluding carboxylic acids is 4. The van der Waals surface area contributed by atoms with Crippen LogP contribution in [-0.4, -0.2) is 169 Å². The molecule has 82 heavy (non-hydrogen) atoms. The normalized spacial score (nSPS) is 14.5. The Morgan fingerprint density at radius 1 is 0.488 bits per heavy atom. The number of likely N-dealkylation sites (N-methyl/N-ethyl adjacent to an activating group) is 1. The summed E-state index contributed by atoms with van der Waals surface area (Å²) >= 11 is 0. The molecule has 7 heterocycles. The predicted molar refractivity (Wildman–Crippen MR) is 321 cm³/mol. The summed E-state index contributed by atoms with van der Waals surface area (Å²) in [6.07, 6.45) is 6.46. The fourth-order valence-corrected chi connectivity index (χ4v) is 9.93. The van der Waals surface area contributed by atoms with E-state index in [1.807, 2.05) is 115 Å². The molecule has 3 saturated heterocycles. The first-order chi connectivity index (χ1) is 39.9. The van der Waals surface area contributed by atoms with Gasteiger partial charge in [-0.05, 0) is 149 Å².